The molecule has 0 spiro atoms. The Morgan fingerprint density at radius 1 is 1.18 bits per heavy atom. The lowest BCUT2D eigenvalue weighted by molar-refractivity contribution is 0.122. The fraction of sp³-hybridized carbons (Fsp3) is 0.421. The molecule has 1 aliphatic heterocycles. The molecule has 3 aromatic rings. The van der Waals surface area contributed by atoms with Crippen molar-refractivity contribution in [2.45, 2.75) is 0 Å². The lowest BCUT2D eigenvalue weighted by Gasteiger charge is -2.29. The highest BCUT2D eigenvalue weighted by Gasteiger charge is 2.21. The Kier molecular flexibility index (Phi) is 5.36. The van der Waals surface area contributed by atoms with Crippen molar-refractivity contribution in [3.8, 4) is 5.69 Å². The molecule has 0 atom stereocenters. The molecule has 148 valence electrons. The standard InChI is InChI=1S/C19H23FN6O2/c1-24(7-10-27-2)19-22-17(25-8-11-28-12-9-25)16-13-21-26(18(16)23-19)15-5-3-14(20)4-6-15/h3-6,13H,7-12H2,1-2H3. The van der Waals surface area contributed by atoms with E-state index in [4.69, 9.17) is 19.4 Å². The summed E-state index contributed by atoms with van der Waals surface area (Å²) < 4.78 is 25.7. The number of anilines is 2. The summed E-state index contributed by atoms with van der Waals surface area (Å²) in [5.41, 5.74) is 1.43. The first-order valence-electron chi connectivity index (χ1n) is 9.22. The fourth-order valence-corrected chi connectivity index (χ4v) is 3.17. The van der Waals surface area contributed by atoms with E-state index in [0.29, 0.717) is 38.0 Å². The van der Waals surface area contributed by atoms with Gasteiger partial charge in [0, 0.05) is 33.8 Å². The van der Waals surface area contributed by atoms with Gasteiger partial charge in [0.1, 0.15) is 11.6 Å². The van der Waals surface area contributed by atoms with E-state index >= 15 is 0 Å². The minimum Gasteiger partial charge on any atom is -0.383 e. The van der Waals surface area contributed by atoms with Crippen LogP contribution in [-0.2, 0) is 9.47 Å². The van der Waals surface area contributed by atoms with Crippen LogP contribution in [0.3, 0.4) is 0 Å². The predicted molar refractivity (Wildman–Crippen MR) is 105 cm³/mol. The number of methoxy groups -OCH3 is 1. The van der Waals surface area contributed by atoms with E-state index < -0.39 is 0 Å². The summed E-state index contributed by atoms with van der Waals surface area (Å²) in [6.45, 7) is 4.07. The zero-order valence-corrected chi connectivity index (χ0v) is 16.0. The third kappa shape index (κ3) is 3.63. The molecule has 9 heteroatoms. The topological polar surface area (TPSA) is 68.5 Å². The molecule has 0 bridgehead atoms. The van der Waals surface area contributed by atoms with Crippen molar-refractivity contribution in [1.82, 2.24) is 19.7 Å². The Balaban J connectivity index is 1.83. The summed E-state index contributed by atoms with van der Waals surface area (Å²) in [7, 11) is 3.60. The SMILES string of the molecule is COCCN(C)c1nc(N2CCOCC2)c2cnn(-c3ccc(F)cc3)c2n1. The van der Waals surface area contributed by atoms with Gasteiger partial charge in [-0.1, -0.05) is 0 Å². The van der Waals surface area contributed by atoms with E-state index in [0.717, 1.165) is 30.0 Å². The van der Waals surface area contributed by atoms with Gasteiger partial charge >= 0.3 is 0 Å². The number of hydrogen-bond acceptors (Lipinski definition) is 7. The smallest absolute Gasteiger partial charge is 0.229 e. The number of hydrogen-bond donors (Lipinski definition) is 0. The number of ether oxygens (including phenoxy) is 2. The van der Waals surface area contributed by atoms with Crippen molar-refractivity contribution in [3.63, 3.8) is 0 Å². The maximum absolute atomic E-state index is 13.3. The van der Waals surface area contributed by atoms with Crippen LogP contribution in [-0.4, -0.2) is 73.4 Å². The molecule has 4 rings (SSSR count). The van der Waals surface area contributed by atoms with Crippen LogP contribution in [0.5, 0.6) is 0 Å². The summed E-state index contributed by atoms with van der Waals surface area (Å²) in [4.78, 5) is 13.7. The van der Waals surface area contributed by atoms with Crippen LogP contribution >= 0.6 is 0 Å². The third-order valence-corrected chi connectivity index (χ3v) is 4.75. The molecule has 0 saturated carbocycles. The van der Waals surface area contributed by atoms with Crippen molar-refractivity contribution in [2.24, 2.45) is 0 Å². The number of nitrogens with zero attached hydrogens (tertiary/aromatic N) is 6. The molecule has 2 aromatic heterocycles. The molecule has 1 fully saturated rings. The number of aromatic nitrogens is 4. The van der Waals surface area contributed by atoms with Gasteiger partial charge in [0.25, 0.3) is 0 Å². The largest absolute Gasteiger partial charge is 0.383 e. The molecule has 8 nitrogen and oxygen atoms in total. The maximum Gasteiger partial charge on any atom is 0.229 e. The van der Waals surface area contributed by atoms with Crippen LogP contribution in [0.4, 0.5) is 16.2 Å². The highest BCUT2D eigenvalue weighted by atomic mass is 19.1. The molecule has 3 heterocycles. The molecule has 1 aliphatic rings. The Morgan fingerprint density at radius 2 is 1.93 bits per heavy atom. The van der Waals surface area contributed by atoms with Crippen LogP contribution in [0.2, 0.25) is 0 Å². The first-order valence-corrected chi connectivity index (χ1v) is 9.22. The van der Waals surface area contributed by atoms with Crippen molar-refractivity contribution >= 4 is 22.8 Å². The van der Waals surface area contributed by atoms with Crippen LogP contribution < -0.4 is 9.80 Å². The molecule has 1 aromatic carbocycles. The third-order valence-electron chi connectivity index (χ3n) is 4.75. The Bertz CT molecular complexity index is 939. The van der Waals surface area contributed by atoms with Gasteiger partial charge in [-0.15, -0.1) is 0 Å². The van der Waals surface area contributed by atoms with E-state index in [1.807, 2.05) is 11.9 Å². The Hall–Kier alpha value is -2.78. The van der Waals surface area contributed by atoms with E-state index in [1.54, 1.807) is 30.1 Å². The summed E-state index contributed by atoms with van der Waals surface area (Å²) in [6, 6.07) is 6.20. The first-order chi connectivity index (χ1) is 13.7. The second-order valence-corrected chi connectivity index (χ2v) is 6.63. The normalized spacial score (nSPS) is 14.6. The van der Waals surface area contributed by atoms with E-state index in [1.165, 1.54) is 12.1 Å². The Labute approximate surface area is 162 Å². The summed E-state index contributed by atoms with van der Waals surface area (Å²) in [5.74, 6) is 1.14. The second kappa shape index (κ2) is 8.07. The van der Waals surface area contributed by atoms with Crippen LogP contribution in [0.15, 0.2) is 30.5 Å². The zero-order valence-electron chi connectivity index (χ0n) is 16.0. The van der Waals surface area contributed by atoms with E-state index in [2.05, 4.69) is 10.00 Å². The van der Waals surface area contributed by atoms with Crippen molar-refractivity contribution in [2.75, 3.05) is 63.4 Å². The van der Waals surface area contributed by atoms with E-state index in [9.17, 15) is 4.39 Å². The van der Waals surface area contributed by atoms with Gasteiger partial charge in [0.15, 0.2) is 5.65 Å². The average Bonchev–Trinajstić information content (AvgIpc) is 3.16. The van der Waals surface area contributed by atoms with Crippen molar-refractivity contribution in [3.05, 3.63) is 36.3 Å². The average molecular weight is 386 g/mol. The Morgan fingerprint density at radius 3 is 2.64 bits per heavy atom. The van der Waals surface area contributed by atoms with Gasteiger partial charge in [-0.25, -0.2) is 9.07 Å². The lowest BCUT2D eigenvalue weighted by Crippen LogP contribution is -2.37. The van der Waals surface area contributed by atoms with Gasteiger partial charge in [0.2, 0.25) is 5.95 Å². The quantitative estimate of drug-likeness (QED) is 0.641. The molecule has 0 amide bonds. The highest BCUT2D eigenvalue weighted by molar-refractivity contribution is 5.89. The number of halogens is 1. The lowest BCUT2D eigenvalue weighted by atomic mass is 10.3. The number of benzene rings is 1. The van der Waals surface area contributed by atoms with E-state index in [-0.39, 0.29) is 5.82 Å². The molecule has 0 radical (unpaired) electrons. The van der Waals surface area contributed by atoms with Crippen LogP contribution in [0.1, 0.15) is 0 Å². The van der Waals surface area contributed by atoms with Crippen molar-refractivity contribution in [1.29, 1.82) is 0 Å². The zero-order chi connectivity index (χ0) is 19.5. The first kappa shape index (κ1) is 18.6. The number of rotatable bonds is 6. The number of likely N-dealkylation sites (N-methyl/N-ethyl adjacent to an activating group) is 1. The van der Waals surface area contributed by atoms with Gasteiger partial charge in [-0.05, 0) is 24.3 Å². The second-order valence-electron chi connectivity index (χ2n) is 6.63. The minimum absolute atomic E-state index is 0.288. The summed E-state index contributed by atoms with van der Waals surface area (Å²) in [5, 5.41) is 5.36. The van der Waals surface area contributed by atoms with Gasteiger partial charge in [-0.3, -0.25) is 0 Å². The summed E-state index contributed by atoms with van der Waals surface area (Å²) in [6.07, 6.45) is 1.77. The van der Waals surface area contributed by atoms with Crippen LogP contribution in [0.25, 0.3) is 16.7 Å². The highest BCUT2D eigenvalue weighted by Crippen LogP contribution is 2.28. The molecule has 1 saturated heterocycles. The maximum atomic E-state index is 13.3. The molecule has 28 heavy (non-hydrogen) atoms. The van der Waals surface area contributed by atoms with Gasteiger partial charge in [0.05, 0.1) is 37.1 Å². The van der Waals surface area contributed by atoms with Gasteiger partial charge in [-0.2, -0.15) is 15.1 Å². The molecule has 0 aliphatic carbocycles. The fourth-order valence-electron chi connectivity index (χ4n) is 3.17. The summed E-state index contributed by atoms with van der Waals surface area (Å²) >= 11 is 0. The molecule has 0 N–H and O–H groups in total. The minimum atomic E-state index is -0.288. The van der Waals surface area contributed by atoms with Gasteiger partial charge < -0.3 is 19.3 Å². The molecular formula is C19H23FN6O2. The number of morpholine rings is 1. The van der Waals surface area contributed by atoms with Crippen LogP contribution in [0, 0.1) is 5.82 Å². The monoisotopic (exact) mass is 386 g/mol. The molecule has 0 unspecified atom stereocenters. The number of fused-ring (bicyclic) bond motifs is 1. The molecular weight excluding hydrogens is 363 g/mol. The predicted octanol–water partition coefficient (Wildman–Crippen LogP) is 1.87. The van der Waals surface area contributed by atoms with Crippen molar-refractivity contribution < 1.29 is 13.9 Å².